The number of carboxylic acids is 1. The molecule has 0 radical (unpaired) electrons. The maximum absolute atomic E-state index is 15.7. The molecule has 46 heavy (non-hydrogen) atoms. The Morgan fingerprint density at radius 3 is 2.59 bits per heavy atom. The van der Waals surface area contributed by atoms with Gasteiger partial charge in [-0.15, -0.1) is 11.3 Å². The van der Waals surface area contributed by atoms with Crippen LogP contribution in [-0.2, 0) is 29.1 Å². The van der Waals surface area contributed by atoms with E-state index < -0.39 is 29.6 Å². The number of aryl methyl sites for hydroxylation is 1. The Balaban J connectivity index is 1.09. The number of anilines is 2. The molecule has 2 amide bonds. The van der Waals surface area contributed by atoms with Crippen molar-refractivity contribution in [3.05, 3.63) is 82.6 Å². The van der Waals surface area contributed by atoms with Crippen molar-refractivity contribution in [2.75, 3.05) is 42.9 Å². The molecule has 1 fully saturated rings. The van der Waals surface area contributed by atoms with Crippen LogP contribution in [-0.4, -0.2) is 79.9 Å². The molecule has 4 aromatic rings. The fourth-order valence-corrected chi connectivity index (χ4v) is 7.25. The number of aliphatic carboxylic acids is 1. The van der Waals surface area contributed by atoms with Crippen LogP contribution in [0.15, 0.2) is 54.3 Å². The maximum atomic E-state index is 15.7. The van der Waals surface area contributed by atoms with E-state index in [0.717, 1.165) is 69.1 Å². The maximum Gasteiger partial charge on any atom is 0.303 e. The number of carbonyl (C=O) groups is 3. The Hall–Kier alpha value is -4.62. The van der Waals surface area contributed by atoms with Crippen molar-refractivity contribution < 1.29 is 23.9 Å². The normalized spacial score (nSPS) is 16.8. The summed E-state index contributed by atoms with van der Waals surface area (Å²) in [5.41, 5.74) is 4.39. The highest BCUT2D eigenvalue weighted by Crippen LogP contribution is 2.38. The van der Waals surface area contributed by atoms with Crippen LogP contribution in [0.1, 0.15) is 52.6 Å². The van der Waals surface area contributed by atoms with Crippen LogP contribution in [0.2, 0.25) is 0 Å². The lowest BCUT2D eigenvalue weighted by Gasteiger charge is -2.36. The number of imidazole rings is 1. The van der Waals surface area contributed by atoms with Crippen molar-refractivity contribution in [3.8, 4) is 11.1 Å². The molecule has 1 atom stereocenters. The molecule has 7 rings (SSSR count). The molecule has 2 N–H and O–H groups in total. The predicted octanol–water partition coefficient (Wildman–Crippen LogP) is 4.41. The van der Waals surface area contributed by atoms with Crippen LogP contribution in [0.5, 0.6) is 0 Å². The summed E-state index contributed by atoms with van der Waals surface area (Å²) >= 11 is 1.28. The molecule has 11 nitrogen and oxygen atoms in total. The van der Waals surface area contributed by atoms with E-state index in [0.29, 0.717) is 22.8 Å². The summed E-state index contributed by atoms with van der Waals surface area (Å²) in [6.07, 6.45) is 5.82. The highest BCUT2D eigenvalue weighted by molar-refractivity contribution is 7.13. The molecule has 0 aliphatic carbocycles. The number of carboxylic acid groups (broad SMARTS) is 1. The first-order valence-corrected chi connectivity index (χ1v) is 16.4. The molecule has 0 saturated carbocycles. The lowest BCUT2D eigenvalue weighted by Crippen LogP contribution is -2.46. The molecule has 5 heterocycles. The number of fused-ring (bicyclic) bond motifs is 2. The smallest absolute Gasteiger partial charge is 0.303 e. The second kappa shape index (κ2) is 12.6. The van der Waals surface area contributed by atoms with Crippen molar-refractivity contribution in [2.24, 2.45) is 0 Å². The van der Waals surface area contributed by atoms with Gasteiger partial charge in [0.25, 0.3) is 11.8 Å². The van der Waals surface area contributed by atoms with Gasteiger partial charge >= 0.3 is 5.97 Å². The van der Waals surface area contributed by atoms with Gasteiger partial charge in [-0.1, -0.05) is 12.1 Å². The van der Waals surface area contributed by atoms with Gasteiger partial charge in [0, 0.05) is 73.2 Å². The van der Waals surface area contributed by atoms with Gasteiger partial charge in [0.2, 0.25) is 0 Å². The minimum Gasteiger partial charge on any atom is -0.481 e. The number of aromatic nitrogens is 3. The van der Waals surface area contributed by atoms with Crippen LogP contribution < -0.4 is 10.2 Å². The van der Waals surface area contributed by atoms with E-state index in [4.69, 9.17) is 5.11 Å². The number of piperazine rings is 1. The van der Waals surface area contributed by atoms with Gasteiger partial charge in [-0.3, -0.25) is 24.6 Å². The lowest BCUT2D eigenvalue weighted by atomic mass is 9.99. The fourth-order valence-electron chi connectivity index (χ4n) is 6.71. The van der Waals surface area contributed by atoms with E-state index in [1.807, 2.05) is 28.8 Å². The zero-order valence-electron chi connectivity index (χ0n) is 25.2. The van der Waals surface area contributed by atoms with Gasteiger partial charge in [0.15, 0.2) is 11.2 Å². The summed E-state index contributed by atoms with van der Waals surface area (Å²) in [5.74, 6) is -2.09. The van der Waals surface area contributed by atoms with E-state index in [1.165, 1.54) is 22.3 Å². The zero-order valence-corrected chi connectivity index (χ0v) is 26.0. The van der Waals surface area contributed by atoms with Crippen molar-refractivity contribution >= 4 is 39.9 Å². The van der Waals surface area contributed by atoms with Crippen LogP contribution >= 0.6 is 11.3 Å². The van der Waals surface area contributed by atoms with E-state index >= 15 is 4.39 Å². The first-order valence-electron chi connectivity index (χ1n) is 15.5. The van der Waals surface area contributed by atoms with Gasteiger partial charge in [0.1, 0.15) is 5.82 Å². The summed E-state index contributed by atoms with van der Waals surface area (Å²) in [5, 5.41) is 13.9. The SMILES string of the molecule is O=C(O)CCCN1CCN(c2ccc(-c3cc(F)c4c(c3)C(=O)N(C(C(=O)Nc3nccs3)c3ncn5c3CCC5)C4)cc2)CC1. The Labute approximate surface area is 269 Å². The molecule has 2 aromatic carbocycles. The van der Waals surface area contributed by atoms with E-state index in [-0.39, 0.29) is 24.1 Å². The third-order valence-electron chi connectivity index (χ3n) is 9.09. The van der Waals surface area contributed by atoms with Gasteiger partial charge in [-0.2, -0.15) is 0 Å². The highest BCUT2D eigenvalue weighted by Gasteiger charge is 2.42. The summed E-state index contributed by atoms with van der Waals surface area (Å²) < 4.78 is 17.7. The number of rotatable bonds is 10. The molecule has 13 heteroatoms. The molecular formula is C33H34FN7O4S. The summed E-state index contributed by atoms with van der Waals surface area (Å²) in [6.45, 7) is 4.94. The van der Waals surface area contributed by atoms with Crippen LogP contribution in [0, 0.1) is 5.82 Å². The standard InChI is InChI=1S/C33H34FN7O4S/c34-26-18-22(21-5-7-23(8-6-21)39-14-12-38(13-15-39)10-2-4-28(42)43)17-24-25(26)19-41(32(24)45)30(31(44)37-33-35-9-16-46-33)29-27-3-1-11-40(27)20-36-29/h5-9,16-18,20,30H,1-4,10-15,19H2,(H,42,43)(H,35,37,44). The van der Waals surface area contributed by atoms with Crippen LogP contribution in [0.4, 0.5) is 15.2 Å². The number of nitrogens with one attached hydrogen (secondary N) is 1. The first-order chi connectivity index (χ1) is 22.4. The molecule has 3 aliphatic rings. The Morgan fingerprint density at radius 1 is 1.04 bits per heavy atom. The van der Waals surface area contributed by atoms with E-state index in [9.17, 15) is 14.4 Å². The third-order valence-corrected chi connectivity index (χ3v) is 9.78. The molecule has 238 valence electrons. The third kappa shape index (κ3) is 5.87. The molecule has 0 bridgehead atoms. The average Bonchev–Trinajstić information content (AvgIpc) is 3.86. The molecule has 1 unspecified atom stereocenters. The van der Waals surface area contributed by atoms with Gasteiger partial charge in [0.05, 0.1) is 18.6 Å². The molecule has 0 spiro atoms. The summed E-state index contributed by atoms with van der Waals surface area (Å²) in [7, 11) is 0. The largest absolute Gasteiger partial charge is 0.481 e. The molecular weight excluding hydrogens is 609 g/mol. The number of thiazole rings is 1. The summed E-state index contributed by atoms with van der Waals surface area (Å²) in [6, 6.07) is 10.0. The number of hydrogen-bond donors (Lipinski definition) is 2. The Kier molecular flexibility index (Phi) is 8.26. The van der Waals surface area contributed by atoms with Crippen molar-refractivity contribution in [1.82, 2.24) is 24.3 Å². The van der Waals surface area contributed by atoms with Crippen molar-refractivity contribution in [3.63, 3.8) is 0 Å². The number of hydrogen-bond acceptors (Lipinski definition) is 8. The average molecular weight is 644 g/mol. The number of nitrogens with zero attached hydrogens (tertiary/aromatic N) is 6. The monoisotopic (exact) mass is 643 g/mol. The Bertz CT molecular complexity index is 1770. The van der Waals surface area contributed by atoms with Crippen molar-refractivity contribution in [2.45, 2.75) is 44.8 Å². The first kappa shape index (κ1) is 30.1. The lowest BCUT2D eigenvalue weighted by molar-refractivity contribution is -0.137. The Morgan fingerprint density at radius 2 is 1.85 bits per heavy atom. The van der Waals surface area contributed by atoms with E-state index in [1.54, 1.807) is 24.0 Å². The predicted molar refractivity (Wildman–Crippen MR) is 171 cm³/mol. The van der Waals surface area contributed by atoms with Gasteiger partial charge in [-0.05, 0) is 61.2 Å². The van der Waals surface area contributed by atoms with Gasteiger partial charge in [-0.25, -0.2) is 14.4 Å². The minimum absolute atomic E-state index is 0.0379. The number of amides is 2. The number of halogens is 1. The zero-order chi connectivity index (χ0) is 31.8. The van der Waals surface area contributed by atoms with E-state index in [2.05, 4.69) is 25.1 Å². The fraction of sp³-hybridized carbons (Fsp3) is 0.364. The summed E-state index contributed by atoms with van der Waals surface area (Å²) in [4.78, 5) is 53.2. The molecule has 3 aliphatic heterocycles. The molecule has 2 aromatic heterocycles. The number of benzene rings is 2. The quantitative estimate of drug-likeness (QED) is 0.261. The number of carbonyl (C=O) groups excluding carboxylic acids is 2. The van der Waals surface area contributed by atoms with Crippen molar-refractivity contribution in [1.29, 1.82) is 0 Å². The van der Waals surface area contributed by atoms with Gasteiger partial charge < -0.3 is 19.5 Å². The second-order valence-electron chi connectivity index (χ2n) is 11.9. The topological polar surface area (TPSA) is 124 Å². The van der Waals surface area contributed by atoms with Crippen LogP contribution in [0.3, 0.4) is 0 Å². The highest BCUT2D eigenvalue weighted by atomic mass is 32.1. The molecule has 1 saturated heterocycles. The minimum atomic E-state index is -1.03. The van der Waals surface area contributed by atoms with Crippen LogP contribution in [0.25, 0.3) is 11.1 Å². The second-order valence-corrected chi connectivity index (χ2v) is 12.8.